The van der Waals surface area contributed by atoms with Crippen LogP contribution in [-0.2, 0) is 6.42 Å². The molecule has 0 heterocycles. The van der Waals surface area contributed by atoms with E-state index in [1.165, 1.54) is 13.2 Å². The van der Waals surface area contributed by atoms with Gasteiger partial charge in [-0.15, -0.1) is 0 Å². The highest BCUT2D eigenvalue weighted by Gasteiger charge is 2.37. The zero-order valence-corrected chi connectivity index (χ0v) is 15.1. The molecule has 0 aliphatic heterocycles. The molecule has 2 aromatic carbocycles. The van der Waals surface area contributed by atoms with Crippen molar-refractivity contribution < 1.29 is 19.3 Å². The molecule has 3 rings (SSSR count). The van der Waals surface area contributed by atoms with E-state index in [1.54, 1.807) is 12.1 Å². The average Bonchev–Trinajstić information content (AvgIpc) is 2.62. The number of ether oxygens (including phenoxy) is 1. The number of benzene rings is 2. The van der Waals surface area contributed by atoms with Crippen LogP contribution in [0, 0.1) is 24.6 Å². The summed E-state index contributed by atoms with van der Waals surface area (Å²) >= 11 is 6.35. The summed E-state index contributed by atoms with van der Waals surface area (Å²) in [7, 11) is 1.43. The zero-order valence-electron chi connectivity index (χ0n) is 14.3. The van der Waals surface area contributed by atoms with Crippen LogP contribution in [0.15, 0.2) is 30.3 Å². The Labute approximate surface area is 152 Å². The van der Waals surface area contributed by atoms with Gasteiger partial charge in [-0.3, -0.25) is 0 Å². The number of rotatable bonds is 4. The van der Waals surface area contributed by atoms with Crippen LogP contribution in [0.3, 0.4) is 0 Å². The summed E-state index contributed by atoms with van der Waals surface area (Å²) in [4.78, 5) is 0. The molecule has 2 N–H and O–H groups in total. The van der Waals surface area contributed by atoms with Crippen LogP contribution in [0.25, 0.3) is 0 Å². The smallest absolute Gasteiger partial charge is 0.165 e. The molecular formula is C20H22ClFO3. The van der Waals surface area contributed by atoms with Crippen molar-refractivity contribution in [2.45, 2.75) is 19.3 Å². The Morgan fingerprint density at radius 1 is 1.20 bits per heavy atom. The van der Waals surface area contributed by atoms with E-state index in [-0.39, 0.29) is 36.7 Å². The van der Waals surface area contributed by atoms with Gasteiger partial charge in [-0.25, -0.2) is 4.39 Å². The molecule has 0 spiro atoms. The van der Waals surface area contributed by atoms with Crippen molar-refractivity contribution in [3.63, 3.8) is 0 Å². The Hall–Kier alpha value is -1.62. The minimum Gasteiger partial charge on any atom is -0.494 e. The van der Waals surface area contributed by atoms with Crippen molar-refractivity contribution in [3.8, 4) is 5.75 Å². The molecule has 0 bridgehead atoms. The van der Waals surface area contributed by atoms with Crippen molar-refractivity contribution in [1.82, 2.24) is 0 Å². The summed E-state index contributed by atoms with van der Waals surface area (Å²) in [5.41, 5.74) is 3.96. The third-order valence-corrected chi connectivity index (χ3v) is 5.66. The summed E-state index contributed by atoms with van der Waals surface area (Å²) < 4.78 is 19.0. The van der Waals surface area contributed by atoms with Crippen LogP contribution in [0.4, 0.5) is 4.39 Å². The van der Waals surface area contributed by atoms with Crippen molar-refractivity contribution in [1.29, 1.82) is 0 Å². The van der Waals surface area contributed by atoms with Gasteiger partial charge >= 0.3 is 0 Å². The predicted molar refractivity (Wildman–Crippen MR) is 95.8 cm³/mol. The molecule has 1 aliphatic rings. The van der Waals surface area contributed by atoms with E-state index in [1.807, 2.05) is 19.1 Å². The van der Waals surface area contributed by atoms with Crippen LogP contribution in [0.5, 0.6) is 5.75 Å². The molecule has 0 saturated carbocycles. The summed E-state index contributed by atoms with van der Waals surface area (Å²) in [5.74, 6) is -0.687. The van der Waals surface area contributed by atoms with Gasteiger partial charge in [0.15, 0.2) is 11.6 Å². The first-order valence-electron chi connectivity index (χ1n) is 8.34. The summed E-state index contributed by atoms with van der Waals surface area (Å²) in [5, 5.41) is 20.5. The Morgan fingerprint density at radius 3 is 2.60 bits per heavy atom. The molecule has 0 radical (unpaired) electrons. The van der Waals surface area contributed by atoms with Crippen molar-refractivity contribution >= 4 is 11.6 Å². The topological polar surface area (TPSA) is 49.7 Å². The maximum absolute atomic E-state index is 13.8. The molecule has 134 valence electrons. The molecule has 1 aliphatic carbocycles. The molecule has 5 heteroatoms. The fourth-order valence-electron chi connectivity index (χ4n) is 3.91. The summed E-state index contributed by atoms with van der Waals surface area (Å²) in [6.45, 7) is 1.87. The maximum Gasteiger partial charge on any atom is 0.165 e. The number of fused-ring (bicyclic) bond motifs is 1. The summed E-state index contributed by atoms with van der Waals surface area (Å²) in [6.07, 6.45) is 0.684. The molecule has 3 nitrogen and oxygen atoms in total. The predicted octanol–water partition coefficient (Wildman–Crippen LogP) is 3.70. The lowest BCUT2D eigenvalue weighted by molar-refractivity contribution is 0.101. The van der Waals surface area contributed by atoms with Crippen LogP contribution < -0.4 is 4.74 Å². The van der Waals surface area contributed by atoms with E-state index in [0.717, 1.165) is 22.3 Å². The van der Waals surface area contributed by atoms with Gasteiger partial charge < -0.3 is 14.9 Å². The fraction of sp³-hybridized carbons (Fsp3) is 0.400. The fourth-order valence-corrected chi connectivity index (χ4v) is 4.08. The number of hydrogen-bond donors (Lipinski definition) is 2. The standard InChI is InChI=1S/C20H22ClFO3/c1-11-5-13-6-14(9-23)16(10-24)20(15(13)8-17(11)21)12-3-4-18(22)19(7-12)25-2/h3-5,7-8,14,16,20,23-24H,6,9-10H2,1-2H3/t14-,16-,20?/m1/s1. The second-order valence-corrected chi connectivity index (χ2v) is 7.07. The lowest BCUT2D eigenvalue weighted by Gasteiger charge is -2.39. The van der Waals surface area contributed by atoms with Gasteiger partial charge in [-0.05, 0) is 65.6 Å². The van der Waals surface area contributed by atoms with E-state index >= 15 is 0 Å². The van der Waals surface area contributed by atoms with Crippen molar-refractivity contribution in [2.75, 3.05) is 20.3 Å². The number of halogens is 2. The largest absolute Gasteiger partial charge is 0.494 e. The van der Waals surface area contributed by atoms with Gasteiger partial charge in [0.1, 0.15) is 0 Å². The number of hydrogen-bond acceptors (Lipinski definition) is 3. The van der Waals surface area contributed by atoms with E-state index in [9.17, 15) is 14.6 Å². The molecule has 3 atom stereocenters. The van der Waals surface area contributed by atoms with E-state index in [4.69, 9.17) is 16.3 Å². The number of aryl methyl sites for hydroxylation is 1. The van der Waals surface area contributed by atoms with Gasteiger partial charge in [0.25, 0.3) is 0 Å². The lowest BCUT2D eigenvalue weighted by atomic mass is 9.67. The quantitative estimate of drug-likeness (QED) is 0.869. The highest BCUT2D eigenvalue weighted by Crippen LogP contribution is 2.45. The molecule has 0 saturated heterocycles. The lowest BCUT2D eigenvalue weighted by Crippen LogP contribution is -2.35. The normalized spacial score (nSPS) is 22.6. The Balaban J connectivity index is 2.19. The van der Waals surface area contributed by atoms with Gasteiger partial charge in [0, 0.05) is 24.2 Å². The molecular weight excluding hydrogens is 343 g/mol. The zero-order chi connectivity index (χ0) is 18.1. The maximum atomic E-state index is 13.8. The number of aliphatic hydroxyl groups is 2. The van der Waals surface area contributed by atoms with E-state index in [0.29, 0.717) is 11.4 Å². The first-order chi connectivity index (χ1) is 12.0. The molecule has 0 fully saturated rings. The number of aliphatic hydroxyl groups excluding tert-OH is 2. The Kier molecular flexibility index (Phi) is 5.32. The van der Waals surface area contributed by atoms with Crippen molar-refractivity contribution in [2.24, 2.45) is 11.8 Å². The molecule has 1 unspecified atom stereocenters. The van der Waals surface area contributed by atoms with Gasteiger partial charge in [0.05, 0.1) is 7.11 Å². The Bertz CT molecular complexity index is 778. The minimum absolute atomic E-state index is 0.0127. The first kappa shape index (κ1) is 18.2. The number of methoxy groups -OCH3 is 1. The minimum atomic E-state index is -0.427. The molecule has 0 aromatic heterocycles. The Morgan fingerprint density at radius 2 is 1.96 bits per heavy atom. The third kappa shape index (κ3) is 3.26. The molecule has 2 aromatic rings. The molecule has 0 amide bonds. The average molecular weight is 365 g/mol. The second-order valence-electron chi connectivity index (χ2n) is 6.67. The van der Waals surface area contributed by atoms with Gasteiger partial charge in [-0.2, -0.15) is 0 Å². The van der Waals surface area contributed by atoms with Gasteiger partial charge in [0.2, 0.25) is 0 Å². The third-order valence-electron chi connectivity index (χ3n) is 5.25. The molecule has 25 heavy (non-hydrogen) atoms. The van der Waals surface area contributed by atoms with E-state index < -0.39 is 5.82 Å². The SMILES string of the molecule is COc1cc(C2c3cc(Cl)c(C)cc3C[C@H](CO)[C@H]2CO)ccc1F. The monoisotopic (exact) mass is 364 g/mol. The first-order valence-corrected chi connectivity index (χ1v) is 8.72. The van der Waals surface area contributed by atoms with Crippen LogP contribution in [-0.4, -0.2) is 30.5 Å². The van der Waals surface area contributed by atoms with Crippen LogP contribution >= 0.6 is 11.6 Å². The van der Waals surface area contributed by atoms with Crippen LogP contribution in [0.2, 0.25) is 5.02 Å². The van der Waals surface area contributed by atoms with E-state index in [2.05, 4.69) is 0 Å². The highest BCUT2D eigenvalue weighted by molar-refractivity contribution is 6.31. The second kappa shape index (κ2) is 7.32. The van der Waals surface area contributed by atoms with Gasteiger partial charge in [-0.1, -0.05) is 23.7 Å². The van der Waals surface area contributed by atoms with Crippen LogP contribution in [0.1, 0.15) is 28.2 Å². The van der Waals surface area contributed by atoms with Crippen molar-refractivity contribution in [3.05, 3.63) is 63.4 Å². The summed E-state index contributed by atoms with van der Waals surface area (Å²) in [6, 6.07) is 8.73. The highest BCUT2D eigenvalue weighted by atomic mass is 35.5.